The maximum atomic E-state index is 9.15. The van der Waals surface area contributed by atoms with Gasteiger partial charge in [-0.15, -0.1) is 0 Å². The van der Waals surface area contributed by atoms with E-state index in [0.717, 1.165) is 25.3 Å². The van der Waals surface area contributed by atoms with E-state index in [0.29, 0.717) is 19.3 Å². The van der Waals surface area contributed by atoms with Gasteiger partial charge in [-0.25, -0.2) is 0 Å². The van der Waals surface area contributed by atoms with Crippen LogP contribution < -0.4 is 15.0 Å². The monoisotopic (exact) mass is 266 g/mol. The van der Waals surface area contributed by atoms with E-state index in [-0.39, 0.29) is 0 Å². The van der Waals surface area contributed by atoms with E-state index < -0.39 is 0 Å². The van der Waals surface area contributed by atoms with Gasteiger partial charge in [-0.1, -0.05) is 0 Å². The number of aliphatic hydroxyl groups excluding tert-OH is 1. The van der Waals surface area contributed by atoms with Crippen molar-refractivity contribution in [3.8, 4) is 5.75 Å². The van der Waals surface area contributed by atoms with E-state index in [4.69, 9.17) is 9.84 Å². The Hall–Kier alpha value is -1.10. The van der Waals surface area contributed by atoms with Crippen LogP contribution in [0.1, 0.15) is 18.9 Å². The van der Waals surface area contributed by atoms with Crippen molar-refractivity contribution in [2.24, 2.45) is 0 Å². The van der Waals surface area contributed by atoms with Gasteiger partial charge in [-0.3, -0.25) is 0 Å². The Morgan fingerprint density at radius 2 is 2.16 bits per heavy atom. The van der Waals surface area contributed by atoms with Crippen molar-refractivity contribution >= 4 is 0 Å². The van der Waals surface area contributed by atoms with Crippen LogP contribution in [0.15, 0.2) is 24.3 Å². The molecule has 4 nitrogen and oxygen atoms in total. The van der Waals surface area contributed by atoms with Gasteiger partial charge in [0.05, 0.1) is 6.61 Å². The predicted molar refractivity (Wildman–Crippen MR) is 74.3 cm³/mol. The number of ether oxygens (including phenoxy) is 1. The molecule has 1 heterocycles. The van der Waals surface area contributed by atoms with Crippen LogP contribution in [0.5, 0.6) is 5.75 Å². The van der Waals surface area contributed by atoms with Crippen LogP contribution in [0.4, 0.5) is 0 Å². The van der Waals surface area contributed by atoms with Gasteiger partial charge >= 0.3 is 0 Å². The van der Waals surface area contributed by atoms with Gasteiger partial charge in [0.15, 0.2) is 0 Å². The number of nitrogens with one attached hydrogen (secondary N) is 1. The molecule has 4 N–H and O–H groups in total. The molecule has 0 saturated carbocycles. The van der Waals surface area contributed by atoms with Crippen LogP contribution in [0.25, 0.3) is 0 Å². The Bertz CT molecular complexity index is 365. The van der Waals surface area contributed by atoms with Gasteiger partial charge in [0, 0.05) is 18.6 Å². The molecular formula is C15H26N2O2+2. The predicted octanol–water partition coefficient (Wildman–Crippen LogP) is -1.20. The Labute approximate surface area is 115 Å². The lowest BCUT2D eigenvalue weighted by Gasteiger charge is -2.30. The highest BCUT2D eigenvalue weighted by atomic mass is 16.5. The standard InChI is InChI=1S/C15H24N2O2/c1-2-19-15-5-3-13(4-6-15)12-17-9-8-16-11-14(17)7-10-18/h3-6,14,16,18H,2,7-12H2,1H3/p+2/t14-/m0/s1. The number of nitrogens with two attached hydrogens (primary N) is 1. The third kappa shape index (κ3) is 4.20. The molecule has 1 aliphatic heterocycles. The Kier molecular flexibility index (Phi) is 5.63. The molecule has 4 heteroatoms. The summed E-state index contributed by atoms with van der Waals surface area (Å²) in [7, 11) is 0. The van der Waals surface area contributed by atoms with Crippen LogP contribution >= 0.6 is 0 Å². The molecule has 106 valence electrons. The first-order chi connectivity index (χ1) is 9.33. The summed E-state index contributed by atoms with van der Waals surface area (Å²) in [6.07, 6.45) is 0.906. The average Bonchev–Trinajstić information content (AvgIpc) is 2.44. The summed E-state index contributed by atoms with van der Waals surface area (Å²) in [5.41, 5.74) is 1.35. The normalized spacial score (nSPS) is 23.3. The second-order valence-corrected chi connectivity index (χ2v) is 5.18. The molecule has 1 aromatic carbocycles. The molecule has 0 bridgehead atoms. The van der Waals surface area contributed by atoms with Crippen LogP contribution in [0.3, 0.4) is 0 Å². The maximum absolute atomic E-state index is 9.15. The highest BCUT2D eigenvalue weighted by Crippen LogP contribution is 2.11. The summed E-state index contributed by atoms with van der Waals surface area (Å²) in [5, 5.41) is 11.5. The van der Waals surface area contributed by atoms with E-state index in [1.165, 1.54) is 18.7 Å². The molecule has 2 atom stereocenters. The number of rotatable bonds is 6. The largest absolute Gasteiger partial charge is 0.494 e. The second kappa shape index (κ2) is 7.48. The number of hydrogen-bond donors (Lipinski definition) is 3. The van der Waals surface area contributed by atoms with E-state index >= 15 is 0 Å². The number of quaternary nitrogens is 2. The van der Waals surface area contributed by atoms with Gasteiger partial charge in [0.1, 0.15) is 38.0 Å². The first kappa shape index (κ1) is 14.3. The molecule has 0 radical (unpaired) electrons. The van der Waals surface area contributed by atoms with Crippen molar-refractivity contribution in [1.29, 1.82) is 0 Å². The fourth-order valence-corrected chi connectivity index (χ4v) is 2.82. The van der Waals surface area contributed by atoms with Crippen LogP contribution in [-0.4, -0.2) is 44.0 Å². The number of aliphatic hydroxyl groups is 1. The number of hydrogen-bond acceptors (Lipinski definition) is 2. The molecule has 1 fully saturated rings. The Morgan fingerprint density at radius 3 is 2.84 bits per heavy atom. The van der Waals surface area contributed by atoms with E-state index in [1.54, 1.807) is 4.90 Å². The summed E-state index contributed by atoms with van der Waals surface area (Å²) in [6.45, 7) is 7.56. The summed E-state index contributed by atoms with van der Waals surface area (Å²) in [5.74, 6) is 0.945. The lowest BCUT2D eigenvalue weighted by atomic mass is 10.1. The SMILES string of the molecule is CCOc1ccc(C[NH+]2CC[NH2+]C[C@@H]2CCO)cc1. The van der Waals surface area contributed by atoms with Crippen LogP contribution in [-0.2, 0) is 6.54 Å². The number of piperazine rings is 1. The fraction of sp³-hybridized carbons (Fsp3) is 0.600. The minimum Gasteiger partial charge on any atom is -0.494 e. The van der Waals surface area contributed by atoms with Gasteiger partial charge < -0.3 is 20.1 Å². The highest BCUT2D eigenvalue weighted by Gasteiger charge is 2.27. The first-order valence-electron chi connectivity index (χ1n) is 7.32. The van der Waals surface area contributed by atoms with Crippen LogP contribution in [0.2, 0.25) is 0 Å². The Balaban J connectivity index is 1.94. The summed E-state index contributed by atoms with van der Waals surface area (Å²) in [6, 6.07) is 8.99. The molecule has 0 amide bonds. The molecule has 0 aliphatic carbocycles. The van der Waals surface area contributed by atoms with Crippen molar-refractivity contribution in [3.63, 3.8) is 0 Å². The summed E-state index contributed by atoms with van der Waals surface area (Å²) in [4.78, 5) is 1.60. The van der Waals surface area contributed by atoms with Crippen molar-refractivity contribution in [2.45, 2.75) is 25.9 Å². The molecule has 1 unspecified atom stereocenters. The van der Waals surface area contributed by atoms with Crippen molar-refractivity contribution in [3.05, 3.63) is 29.8 Å². The number of benzene rings is 1. The lowest BCUT2D eigenvalue weighted by molar-refractivity contribution is -0.982. The first-order valence-corrected chi connectivity index (χ1v) is 7.32. The van der Waals surface area contributed by atoms with Crippen molar-refractivity contribution in [2.75, 3.05) is 32.8 Å². The van der Waals surface area contributed by atoms with Crippen molar-refractivity contribution < 1.29 is 20.1 Å². The summed E-state index contributed by atoms with van der Waals surface area (Å²) < 4.78 is 5.47. The molecule has 19 heavy (non-hydrogen) atoms. The van der Waals surface area contributed by atoms with Crippen molar-refractivity contribution in [1.82, 2.24) is 0 Å². The third-order valence-electron chi connectivity index (χ3n) is 3.84. The zero-order chi connectivity index (χ0) is 13.5. The summed E-state index contributed by atoms with van der Waals surface area (Å²) >= 11 is 0. The molecule has 0 aromatic heterocycles. The molecule has 0 spiro atoms. The molecule has 1 aliphatic rings. The lowest BCUT2D eigenvalue weighted by Crippen LogP contribution is -3.23. The Morgan fingerprint density at radius 1 is 1.37 bits per heavy atom. The maximum Gasteiger partial charge on any atom is 0.140 e. The van der Waals surface area contributed by atoms with Gasteiger partial charge in [0.2, 0.25) is 0 Å². The van der Waals surface area contributed by atoms with Gasteiger partial charge in [-0.2, -0.15) is 0 Å². The zero-order valence-corrected chi connectivity index (χ0v) is 11.8. The highest BCUT2D eigenvalue weighted by molar-refractivity contribution is 5.26. The molecule has 2 rings (SSSR count). The third-order valence-corrected chi connectivity index (χ3v) is 3.84. The van der Waals surface area contributed by atoms with E-state index in [9.17, 15) is 0 Å². The molecule has 1 saturated heterocycles. The molecule has 1 aromatic rings. The smallest absolute Gasteiger partial charge is 0.140 e. The topological polar surface area (TPSA) is 50.5 Å². The fourth-order valence-electron chi connectivity index (χ4n) is 2.82. The minimum absolute atomic E-state index is 0.297. The zero-order valence-electron chi connectivity index (χ0n) is 11.8. The van der Waals surface area contributed by atoms with E-state index in [1.807, 2.05) is 6.92 Å². The second-order valence-electron chi connectivity index (χ2n) is 5.18. The minimum atomic E-state index is 0.297. The van der Waals surface area contributed by atoms with Gasteiger partial charge in [-0.05, 0) is 31.2 Å². The molecular weight excluding hydrogens is 240 g/mol. The average molecular weight is 266 g/mol. The van der Waals surface area contributed by atoms with Crippen LogP contribution in [0, 0.1) is 0 Å². The van der Waals surface area contributed by atoms with E-state index in [2.05, 4.69) is 29.6 Å². The van der Waals surface area contributed by atoms with Gasteiger partial charge in [0.25, 0.3) is 0 Å². The quantitative estimate of drug-likeness (QED) is 0.606.